The number of aromatic nitrogens is 2. The molecule has 2 N–H and O–H groups in total. The highest BCUT2D eigenvalue weighted by atomic mass is 19.3. The molecule has 178 valence electrons. The minimum atomic E-state index is -2.97. The molecule has 0 bridgehead atoms. The Bertz CT molecular complexity index is 1040. The summed E-state index contributed by atoms with van der Waals surface area (Å²) in [6, 6.07) is 4.88. The first-order chi connectivity index (χ1) is 15.5. The molecule has 2 aromatic heterocycles. The zero-order valence-corrected chi connectivity index (χ0v) is 17.9. The third-order valence-corrected chi connectivity index (χ3v) is 6.19. The second-order valence-electron chi connectivity index (χ2n) is 8.56. The summed E-state index contributed by atoms with van der Waals surface area (Å²) in [5.74, 6) is -7.44. The third-order valence-electron chi connectivity index (χ3n) is 6.19. The van der Waals surface area contributed by atoms with Gasteiger partial charge in [0.25, 0.3) is 11.8 Å². The van der Waals surface area contributed by atoms with Crippen molar-refractivity contribution in [3.63, 3.8) is 0 Å². The van der Waals surface area contributed by atoms with Crippen molar-refractivity contribution in [2.75, 3.05) is 25.0 Å². The minimum Gasteiger partial charge on any atom is -0.491 e. The van der Waals surface area contributed by atoms with E-state index in [1.54, 1.807) is 11.8 Å². The van der Waals surface area contributed by atoms with E-state index in [-0.39, 0.29) is 37.5 Å². The quantitative estimate of drug-likeness (QED) is 0.610. The van der Waals surface area contributed by atoms with Crippen LogP contribution in [0.5, 0.6) is 5.75 Å². The summed E-state index contributed by atoms with van der Waals surface area (Å²) < 4.78 is 60.2. The third kappa shape index (κ3) is 5.35. The number of nitrogens with one attached hydrogen (secondary N) is 2. The number of ether oxygens (including phenoxy) is 1. The van der Waals surface area contributed by atoms with Crippen LogP contribution in [-0.2, 0) is 4.79 Å². The SMILES string of the molecule is CC(C(=O)Nc1ccc(OCC2CC2(F)F)cn1)N1CCC(F)(F)[C@@H](c2ccc(=O)[nH]c2)C1. The van der Waals surface area contributed by atoms with Crippen molar-refractivity contribution in [2.24, 2.45) is 5.92 Å². The van der Waals surface area contributed by atoms with Gasteiger partial charge in [0, 0.05) is 38.2 Å². The maximum atomic E-state index is 14.6. The predicted octanol–water partition coefficient (Wildman–Crippen LogP) is 3.26. The van der Waals surface area contributed by atoms with Gasteiger partial charge in [-0.1, -0.05) is 6.07 Å². The van der Waals surface area contributed by atoms with Crippen molar-refractivity contribution >= 4 is 11.7 Å². The van der Waals surface area contributed by atoms with Crippen molar-refractivity contribution < 1.29 is 27.1 Å². The summed E-state index contributed by atoms with van der Waals surface area (Å²) in [7, 11) is 0. The number of halogens is 4. The fraction of sp³-hybridized carbons (Fsp3) is 0.500. The average molecular weight is 468 g/mol. The molecule has 1 saturated carbocycles. The van der Waals surface area contributed by atoms with Crippen molar-refractivity contribution in [1.82, 2.24) is 14.9 Å². The van der Waals surface area contributed by atoms with E-state index >= 15 is 0 Å². The number of carbonyl (C=O) groups is 1. The molecule has 1 saturated heterocycles. The number of piperidine rings is 1. The molecule has 3 atom stereocenters. The number of rotatable bonds is 7. The number of likely N-dealkylation sites (tertiary alicyclic amines) is 1. The first kappa shape index (κ1) is 23.2. The molecule has 1 aliphatic carbocycles. The second kappa shape index (κ2) is 8.77. The van der Waals surface area contributed by atoms with E-state index in [0.29, 0.717) is 11.3 Å². The van der Waals surface area contributed by atoms with Crippen molar-refractivity contribution in [2.45, 2.75) is 43.6 Å². The average Bonchev–Trinajstić information content (AvgIpc) is 3.39. The molecule has 2 aliphatic rings. The summed E-state index contributed by atoms with van der Waals surface area (Å²) in [5.41, 5.74) is -0.0741. The topological polar surface area (TPSA) is 87.3 Å². The minimum absolute atomic E-state index is 0.0352. The Morgan fingerprint density at radius 3 is 2.64 bits per heavy atom. The Hall–Kier alpha value is -2.95. The van der Waals surface area contributed by atoms with Gasteiger partial charge in [0.15, 0.2) is 0 Å². The largest absolute Gasteiger partial charge is 0.491 e. The van der Waals surface area contributed by atoms with Crippen LogP contribution in [0, 0.1) is 5.92 Å². The normalized spacial score (nSPS) is 24.6. The van der Waals surface area contributed by atoms with E-state index in [4.69, 9.17) is 4.74 Å². The number of hydrogen-bond donors (Lipinski definition) is 2. The van der Waals surface area contributed by atoms with Crippen LogP contribution in [-0.4, -0.2) is 58.4 Å². The predicted molar refractivity (Wildman–Crippen MR) is 112 cm³/mol. The lowest BCUT2D eigenvalue weighted by Crippen LogP contribution is -2.52. The molecular weight excluding hydrogens is 444 g/mol. The highest BCUT2D eigenvalue weighted by Gasteiger charge is 2.57. The molecule has 3 heterocycles. The number of alkyl halides is 4. The maximum Gasteiger partial charge on any atom is 0.257 e. The molecule has 1 amide bonds. The zero-order valence-electron chi connectivity index (χ0n) is 17.9. The monoisotopic (exact) mass is 468 g/mol. The number of pyridine rings is 2. The van der Waals surface area contributed by atoms with Crippen molar-refractivity contribution in [3.05, 3.63) is 52.6 Å². The highest BCUT2D eigenvalue weighted by Crippen LogP contribution is 2.48. The van der Waals surface area contributed by atoms with Gasteiger partial charge in [-0.15, -0.1) is 0 Å². The zero-order chi connectivity index (χ0) is 23.8. The molecular formula is C22H24F4N4O3. The lowest BCUT2D eigenvalue weighted by molar-refractivity contribution is -0.125. The van der Waals surface area contributed by atoms with Gasteiger partial charge in [0.05, 0.1) is 30.7 Å². The molecule has 7 nitrogen and oxygen atoms in total. The van der Waals surface area contributed by atoms with Crippen LogP contribution in [0.15, 0.2) is 41.5 Å². The molecule has 2 unspecified atom stereocenters. The first-order valence-electron chi connectivity index (χ1n) is 10.6. The number of anilines is 1. The van der Waals surface area contributed by atoms with Gasteiger partial charge >= 0.3 is 0 Å². The molecule has 4 rings (SSSR count). The molecule has 11 heteroatoms. The first-order valence-corrected chi connectivity index (χ1v) is 10.6. The lowest BCUT2D eigenvalue weighted by atomic mass is 9.87. The van der Waals surface area contributed by atoms with Gasteiger partial charge in [0.1, 0.15) is 11.6 Å². The highest BCUT2D eigenvalue weighted by molar-refractivity contribution is 5.93. The number of nitrogens with zero attached hydrogens (tertiary/aromatic N) is 2. The Balaban J connectivity index is 1.34. The molecule has 0 aromatic carbocycles. The van der Waals surface area contributed by atoms with Gasteiger partial charge in [-0.3, -0.25) is 14.5 Å². The Morgan fingerprint density at radius 2 is 2.03 bits per heavy atom. The van der Waals surface area contributed by atoms with E-state index in [1.165, 1.54) is 36.7 Å². The Morgan fingerprint density at radius 1 is 1.27 bits per heavy atom. The maximum absolute atomic E-state index is 14.6. The van der Waals surface area contributed by atoms with Gasteiger partial charge in [0.2, 0.25) is 11.5 Å². The Kier molecular flexibility index (Phi) is 6.17. The molecule has 2 fully saturated rings. The van der Waals surface area contributed by atoms with E-state index in [0.717, 1.165) is 0 Å². The van der Waals surface area contributed by atoms with Crippen LogP contribution in [0.25, 0.3) is 0 Å². The fourth-order valence-corrected chi connectivity index (χ4v) is 3.85. The van der Waals surface area contributed by atoms with Crippen LogP contribution >= 0.6 is 0 Å². The lowest BCUT2D eigenvalue weighted by Gasteiger charge is -2.40. The number of amides is 1. The van der Waals surface area contributed by atoms with Crippen LogP contribution in [0.2, 0.25) is 0 Å². The van der Waals surface area contributed by atoms with Gasteiger partial charge in [-0.25, -0.2) is 22.5 Å². The van der Waals surface area contributed by atoms with Gasteiger partial charge in [-0.2, -0.15) is 0 Å². The number of aromatic amines is 1. The molecule has 2 aromatic rings. The summed E-state index contributed by atoms with van der Waals surface area (Å²) in [4.78, 5) is 32.1. The van der Waals surface area contributed by atoms with E-state index in [9.17, 15) is 27.2 Å². The second-order valence-corrected chi connectivity index (χ2v) is 8.56. The number of carbonyl (C=O) groups excluding carboxylic acids is 1. The standard InChI is InChI=1S/C22H24F4N4O3/c1-13(30-7-6-21(23,24)17(11-30)14-2-5-19(31)28-9-14)20(32)29-18-4-3-16(10-27-18)33-12-15-8-22(15,25)26/h2-5,9-10,13,15,17H,6-8,11-12H2,1H3,(H,28,31)(H,27,29,32)/t13?,15?,17-/m1/s1. The number of H-pyrrole nitrogens is 1. The van der Waals surface area contributed by atoms with E-state index in [2.05, 4.69) is 15.3 Å². The number of hydrogen-bond acceptors (Lipinski definition) is 5. The van der Waals surface area contributed by atoms with Gasteiger partial charge < -0.3 is 15.0 Å². The Labute approximate surface area is 187 Å². The van der Waals surface area contributed by atoms with Crippen molar-refractivity contribution in [3.8, 4) is 5.75 Å². The van der Waals surface area contributed by atoms with Crippen molar-refractivity contribution in [1.29, 1.82) is 0 Å². The van der Waals surface area contributed by atoms with E-state index < -0.39 is 42.1 Å². The van der Waals surface area contributed by atoms with Gasteiger partial charge in [-0.05, 0) is 24.6 Å². The summed E-state index contributed by atoms with van der Waals surface area (Å²) >= 11 is 0. The summed E-state index contributed by atoms with van der Waals surface area (Å²) in [6.07, 6.45) is 2.01. The molecule has 1 aliphatic heterocycles. The molecule has 33 heavy (non-hydrogen) atoms. The van der Waals surface area contributed by atoms with Crippen LogP contribution in [0.3, 0.4) is 0 Å². The molecule has 0 spiro atoms. The van der Waals surface area contributed by atoms with Crippen LogP contribution in [0.4, 0.5) is 23.4 Å². The summed E-state index contributed by atoms with van der Waals surface area (Å²) in [5, 5.41) is 2.64. The van der Waals surface area contributed by atoms with Crippen LogP contribution in [0.1, 0.15) is 31.2 Å². The van der Waals surface area contributed by atoms with Crippen LogP contribution < -0.4 is 15.6 Å². The summed E-state index contributed by atoms with van der Waals surface area (Å²) in [6.45, 7) is 1.50. The smallest absolute Gasteiger partial charge is 0.257 e. The fourth-order valence-electron chi connectivity index (χ4n) is 3.85. The molecule has 0 radical (unpaired) electrons. The van der Waals surface area contributed by atoms with E-state index in [1.807, 2.05) is 0 Å².